The molecule has 2 rings (SSSR count). The summed E-state index contributed by atoms with van der Waals surface area (Å²) in [5, 5.41) is 0. The lowest BCUT2D eigenvalue weighted by atomic mass is 9.95. The third-order valence-electron chi connectivity index (χ3n) is 3.90. The van der Waals surface area contributed by atoms with Crippen LogP contribution in [0.2, 0.25) is 0 Å². The van der Waals surface area contributed by atoms with Gasteiger partial charge >= 0.3 is 0 Å². The van der Waals surface area contributed by atoms with Gasteiger partial charge in [-0.05, 0) is 47.1 Å². The highest BCUT2D eigenvalue weighted by Crippen LogP contribution is 2.30. The van der Waals surface area contributed by atoms with Crippen LogP contribution in [0.15, 0.2) is 16.6 Å². The molecule has 1 unspecified atom stereocenters. The van der Waals surface area contributed by atoms with Gasteiger partial charge in [0.05, 0.1) is 15.5 Å². The lowest BCUT2D eigenvalue weighted by Crippen LogP contribution is -2.15. The predicted molar refractivity (Wildman–Crippen MR) is 83.6 cm³/mol. The number of hydrogen-bond acceptors (Lipinski definition) is 1. The van der Waals surface area contributed by atoms with Crippen molar-refractivity contribution in [1.82, 2.24) is 9.55 Å². The smallest absolute Gasteiger partial charge is 0.178 e. The fraction of sp³-hybridized carbons (Fsp3) is 0.500. The van der Waals surface area contributed by atoms with Crippen LogP contribution >= 0.6 is 28.1 Å². The van der Waals surface area contributed by atoms with Crippen LogP contribution in [0, 0.1) is 16.5 Å². The Balaban J connectivity index is 2.63. The number of aromatic amines is 1. The number of H-pyrrole nitrogens is 1. The number of fused-ring (bicyclic) bond motifs is 1. The van der Waals surface area contributed by atoms with E-state index in [1.165, 1.54) is 0 Å². The van der Waals surface area contributed by atoms with Crippen molar-refractivity contribution in [2.24, 2.45) is 5.92 Å². The van der Waals surface area contributed by atoms with Gasteiger partial charge in [-0.2, -0.15) is 0 Å². The molecule has 104 valence electrons. The van der Waals surface area contributed by atoms with Crippen LogP contribution < -0.4 is 0 Å². The molecular formula is C14H18BrFN2S. The van der Waals surface area contributed by atoms with Crippen LogP contribution in [-0.2, 0) is 0 Å². The monoisotopic (exact) mass is 344 g/mol. The Kier molecular flexibility index (Phi) is 4.46. The summed E-state index contributed by atoms with van der Waals surface area (Å²) in [5.41, 5.74) is 1.71. The molecule has 0 saturated carbocycles. The average Bonchev–Trinajstić information content (AvgIpc) is 2.66. The van der Waals surface area contributed by atoms with Gasteiger partial charge in [0.25, 0.3) is 0 Å². The summed E-state index contributed by atoms with van der Waals surface area (Å²) in [7, 11) is 0. The van der Waals surface area contributed by atoms with Crippen LogP contribution in [0.5, 0.6) is 0 Å². The first-order valence-electron chi connectivity index (χ1n) is 6.58. The summed E-state index contributed by atoms with van der Waals surface area (Å²) in [6.45, 7) is 6.52. The third kappa shape index (κ3) is 2.63. The maximum Gasteiger partial charge on any atom is 0.178 e. The Labute approximate surface area is 126 Å². The summed E-state index contributed by atoms with van der Waals surface area (Å²) in [4.78, 5) is 3.16. The van der Waals surface area contributed by atoms with Gasteiger partial charge in [0.15, 0.2) is 4.77 Å². The maximum absolute atomic E-state index is 13.8. The molecule has 1 aromatic carbocycles. The summed E-state index contributed by atoms with van der Waals surface area (Å²) < 4.78 is 16.9. The van der Waals surface area contributed by atoms with Crippen molar-refractivity contribution < 1.29 is 4.39 Å². The van der Waals surface area contributed by atoms with E-state index >= 15 is 0 Å². The Morgan fingerprint density at radius 1 is 1.37 bits per heavy atom. The molecule has 0 aliphatic carbocycles. The molecule has 1 heterocycles. The second kappa shape index (κ2) is 5.75. The van der Waals surface area contributed by atoms with Crippen LogP contribution in [0.3, 0.4) is 0 Å². The highest BCUT2D eigenvalue weighted by Gasteiger charge is 2.19. The zero-order chi connectivity index (χ0) is 14.2. The lowest BCUT2D eigenvalue weighted by Gasteiger charge is -2.23. The molecule has 1 atom stereocenters. The summed E-state index contributed by atoms with van der Waals surface area (Å²) in [6.07, 6.45) is 2.18. The van der Waals surface area contributed by atoms with Crippen LogP contribution in [0.25, 0.3) is 11.0 Å². The minimum absolute atomic E-state index is 0.257. The fourth-order valence-corrected chi connectivity index (χ4v) is 3.42. The van der Waals surface area contributed by atoms with E-state index in [4.69, 9.17) is 12.2 Å². The molecule has 0 aliphatic rings. The van der Waals surface area contributed by atoms with E-state index in [9.17, 15) is 4.39 Å². The number of nitrogens with one attached hydrogen (secondary N) is 1. The number of hydrogen-bond donors (Lipinski definition) is 1. The molecule has 2 nitrogen and oxygen atoms in total. The Morgan fingerprint density at radius 3 is 2.58 bits per heavy atom. The maximum atomic E-state index is 13.8. The molecule has 0 saturated heterocycles. The van der Waals surface area contributed by atoms with E-state index in [1.807, 2.05) is 4.57 Å². The molecular weight excluding hydrogens is 327 g/mol. The molecule has 0 aliphatic heterocycles. The first kappa shape index (κ1) is 14.7. The van der Waals surface area contributed by atoms with Crippen molar-refractivity contribution in [2.45, 2.75) is 39.7 Å². The van der Waals surface area contributed by atoms with E-state index in [0.29, 0.717) is 15.2 Å². The molecule has 19 heavy (non-hydrogen) atoms. The van der Waals surface area contributed by atoms with E-state index in [1.54, 1.807) is 12.1 Å². The van der Waals surface area contributed by atoms with Gasteiger partial charge in [-0.3, -0.25) is 0 Å². The predicted octanol–water partition coefficient (Wildman–Crippen LogP) is 5.60. The average molecular weight is 345 g/mol. The molecule has 0 fully saturated rings. The van der Waals surface area contributed by atoms with Crippen LogP contribution in [0.1, 0.15) is 39.7 Å². The van der Waals surface area contributed by atoms with Gasteiger partial charge in [0.2, 0.25) is 0 Å². The topological polar surface area (TPSA) is 20.7 Å². The Hall–Kier alpha value is -0.680. The van der Waals surface area contributed by atoms with Gasteiger partial charge in [-0.1, -0.05) is 26.7 Å². The number of rotatable bonds is 4. The molecule has 2 aromatic rings. The SMILES string of the molecule is CCC(CC)C(C)n1c(=S)[nH]c2cc(Br)c(F)cc21. The van der Waals surface area contributed by atoms with Crippen molar-refractivity contribution in [3.8, 4) is 0 Å². The van der Waals surface area contributed by atoms with Gasteiger partial charge in [0, 0.05) is 12.1 Å². The van der Waals surface area contributed by atoms with Gasteiger partial charge in [-0.25, -0.2) is 4.39 Å². The molecule has 0 amide bonds. The minimum Gasteiger partial charge on any atom is -0.331 e. The van der Waals surface area contributed by atoms with Gasteiger partial charge < -0.3 is 9.55 Å². The largest absolute Gasteiger partial charge is 0.331 e. The fourth-order valence-electron chi connectivity index (χ4n) is 2.71. The normalized spacial score (nSPS) is 13.4. The van der Waals surface area contributed by atoms with Crippen LogP contribution in [-0.4, -0.2) is 9.55 Å². The van der Waals surface area contributed by atoms with Gasteiger partial charge in [0.1, 0.15) is 5.82 Å². The molecule has 5 heteroatoms. The first-order valence-corrected chi connectivity index (χ1v) is 7.78. The zero-order valence-corrected chi connectivity index (χ0v) is 13.7. The van der Waals surface area contributed by atoms with E-state index in [-0.39, 0.29) is 11.9 Å². The zero-order valence-electron chi connectivity index (χ0n) is 11.3. The van der Waals surface area contributed by atoms with Crippen molar-refractivity contribution in [3.63, 3.8) is 0 Å². The molecule has 0 spiro atoms. The molecule has 1 aromatic heterocycles. The Bertz CT molecular complexity index is 643. The van der Waals surface area contributed by atoms with Crippen molar-refractivity contribution >= 4 is 39.2 Å². The number of nitrogens with zero attached hydrogens (tertiary/aromatic N) is 1. The quantitative estimate of drug-likeness (QED) is 0.716. The molecule has 0 bridgehead atoms. The van der Waals surface area contributed by atoms with Crippen molar-refractivity contribution in [2.75, 3.05) is 0 Å². The van der Waals surface area contributed by atoms with Crippen molar-refractivity contribution in [3.05, 3.63) is 27.2 Å². The van der Waals surface area contributed by atoms with E-state index < -0.39 is 0 Å². The number of benzene rings is 1. The number of imidazole rings is 1. The molecule has 1 N–H and O–H groups in total. The molecule has 0 radical (unpaired) electrons. The Morgan fingerprint density at radius 2 is 2.00 bits per heavy atom. The summed E-state index contributed by atoms with van der Waals surface area (Å²) in [6, 6.07) is 3.55. The second-order valence-corrected chi connectivity index (χ2v) is 6.14. The number of aromatic nitrogens is 2. The summed E-state index contributed by atoms with van der Waals surface area (Å²) >= 11 is 8.61. The van der Waals surface area contributed by atoms with Crippen molar-refractivity contribution in [1.29, 1.82) is 0 Å². The van der Waals surface area contributed by atoms with Gasteiger partial charge in [-0.15, -0.1) is 0 Å². The van der Waals surface area contributed by atoms with E-state index in [2.05, 4.69) is 41.7 Å². The second-order valence-electron chi connectivity index (χ2n) is 4.90. The minimum atomic E-state index is -0.257. The first-order chi connectivity index (χ1) is 8.99. The highest BCUT2D eigenvalue weighted by molar-refractivity contribution is 9.10. The summed E-state index contributed by atoms with van der Waals surface area (Å²) in [5.74, 6) is 0.282. The van der Waals surface area contributed by atoms with E-state index in [0.717, 1.165) is 23.9 Å². The standard InChI is InChI=1S/C14H18BrFN2S/c1-4-9(5-2)8(3)18-13-7-11(16)10(15)6-12(13)17-14(18)19/h6-9H,4-5H2,1-3H3,(H,17,19). The third-order valence-corrected chi connectivity index (χ3v) is 4.80. The lowest BCUT2D eigenvalue weighted by molar-refractivity contribution is 0.337. The highest BCUT2D eigenvalue weighted by atomic mass is 79.9. The number of halogens is 2. The van der Waals surface area contributed by atoms with Crippen LogP contribution in [0.4, 0.5) is 4.39 Å².